The number of aromatic nitrogens is 4. The van der Waals surface area contributed by atoms with Crippen LogP contribution >= 0.6 is 0 Å². The second-order valence-electron chi connectivity index (χ2n) is 4.44. The standard InChI is InChI=1S/C11H14N4O.C2H6/c1-7(2)10-12-3-8-4-13-15(11(8)14-10)9-5-16-6-9;1-2/h3-4,7,9H,5-6H2,1-2H3;1-2H3. The van der Waals surface area contributed by atoms with E-state index in [2.05, 4.69) is 28.9 Å². The first-order chi connectivity index (χ1) is 8.75. The molecule has 0 spiro atoms. The highest BCUT2D eigenvalue weighted by Gasteiger charge is 2.23. The third kappa shape index (κ3) is 2.22. The van der Waals surface area contributed by atoms with Gasteiger partial charge >= 0.3 is 0 Å². The zero-order valence-electron chi connectivity index (χ0n) is 11.4. The summed E-state index contributed by atoms with van der Waals surface area (Å²) in [6, 6.07) is 0.340. The van der Waals surface area contributed by atoms with Gasteiger partial charge in [-0.1, -0.05) is 27.7 Å². The van der Waals surface area contributed by atoms with Gasteiger partial charge in [0.2, 0.25) is 0 Å². The van der Waals surface area contributed by atoms with E-state index in [1.54, 1.807) is 0 Å². The van der Waals surface area contributed by atoms with Crippen molar-refractivity contribution in [2.24, 2.45) is 0 Å². The zero-order valence-corrected chi connectivity index (χ0v) is 11.4. The van der Waals surface area contributed by atoms with E-state index in [0.717, 1.165) is 30.1 Å². The van der Waals surface area contributed by atoms with Gasteiger partial charge in [0.15, 0.2) is 5.65 Å². The van der Waals surface area contributed by atoms with Crippen LogP contribution in [0, 0.1) is 0 Å². The lowest BCUT2D eigenvalue weighted by Gasteiger charge is -2.26. The highest BCUT2D eigenvalue weighted by atomic mass is 16.5. The lowest BCUT2D eigenvalue weighted by molar-refractivity contribution is -0.0269. The maximum Gasteiger partial charge on any atom is 0.161 e. The van der Waals surface area contributed by atoms with E-state index < -0.39 is 0 Å². The Morgan fingerprint density at radius 3 is 2.56 bits per heavy atom. The highest BCUT2D eigenvalue weighted by molar-refractivity contribution is 5.73. The van der Waals surface area contributed by atoms with Crippen molar-refractivity contribution in [3.05, 3.63) is 18.2 Å². The van der Waals surface area contributed by atoms with Gasteiger partial charge in [0, 0.05) is 12.1 Å². The number of fused-ring (bicyclic) bond motifs is 1. The molecule has 2 aromatic heterocycles. The summed E-state index contributed by atoms with van der Waals surface area (Å²) in [6.07, 6.45) is 3.67. The molecule has 5 nitrogen and oxygen atoms in total. The quantitative estimate of drug-likeness (QED) is 0.819. The molecular weight excluding hydrogens is 228 g/mol. The fraction of sp³-hybridized carbons (Fsp3) is 0.615. The molecule has 2 aromatic rings. The topological polar surface area (TPSA) is 52.8 Å². The fourth-order valence-corrected chi connectivity index (χ4v) is 1.76. The summed E-state index contributed by atoms with van der Waals surface area (Å²) < 4.78 is 7.13. The minimum Gasteiger partial charge on any atom is -0.377 e. The molecule has 1 aliphatic rings. The van der Waals surface area contributed by atoms with E-state index in [4.69, 9.17) is 4.74 Å². The maximum atomic E-state index is 5.18. The summed E-state index contributed by atoms with van der Waals surface area (Å²) in [5, 5.41) is 5.35. The van der Waals surface area contributed by atoms with Crippen molar-refractivity contribution in [1.82, 2.24) is 19.7 Å². The third-order valence-corrected chi connectivity index (χ3v) is 2.84. The second kappa shape index (κ2) is 5.44. The smallest absolute Gasteiger partial charge is 0.161 e. The first-order valence-corrected chi connectivity index (χ1v) is 6.53. The first kappa shape index (κ1) is 13.0. The summed E-state index contributed by atoms with van der Waals surface area (Å²) in [4.78, 5) is 8.90. The van der Waals surface area contributed by atoms with Crippen molar-refractivity contribution < 1.29 is 4.74 Å². The van der Waals surface area contributed by atoms with Crippen LogP contribution in [0.15, 0.2) is 12.4 Å². The molecule has 0 unspecified atom stereocenters. The Morgan fingerprint density at radius 1 is 1.28 bits per heavy atom. The molecule has 0 atom stereocenters. The van der Waals surface area contributed by atoms with Gasteiger partial charge in [-0.2, -0.15) is 5.10 Å². The van der Waals surface area contributed by atoms with Gasteiger partial charge in [0.25, 0.3) is 0 Å². The fourth-order valence-electron chi connectivity index (χ4n) is 1.76. The van der Waals surface area contributed by atoms with Crippen LogP contribution in [0.1, 0.15) is 45.5 Å². The van der Waals surface area contributed by atoms with E-state index >= 15 is 0 Å². The molecule has 0 saturated carbocycles. The molecule has 1 fully saturated rings. The van der Waals surface area contributed by atoms with Crippen LogP contribution < -0.4 is 0 Å². The number of rotatable bonds is 2. The average molecular weight is 248 g/mol. The van der Waals surface area contributed by atoms with Crippen LogP contribution in [0.5, 0.6) is 0 Å². The van der Waals surface area contributed by atoms with Crippen molar-refractivity contribution in [3.63, 3.8) is 0 Å². The van der Waals surface area contributed by atoms with Crippen molar-refractivity contribution in [1.29, 1.82) is 0 Å². The van der Waals surface area contributed by atoms with E-state index in [1.807, 2.05) is 30.9 Å². The second-order valence-corrected chi connectivity index (χ2v) is 4.44. The van der Waals surface area contributed by atoms with E-state index in [-0.39, 0.29) is 0 Å². The largest absolute Gasteiger partial charge is 0.377 e. The van der Waals surface area contributed by atoms with Crippen LogP contribution in [0.3, 0.4) is 0 Å². The molecule has 1 aliphatic heterocycles. The Bertz CT molecular complexity index is 517. The molecule has 0 aromatic carbocycles. The Hall–Kier alpha value is -1.49. The number of ether oxygens (including phenoxy) is 1. The van der Waals surface area contributed by atoms with Crippen LogP contribution in [-0.2, 0) is 4.74 Å². The highest BCUT2D eigenvalue weighted by Crippen LogP contribution is 2.22. The van der Waals surface area contributed by atoms with E-state index in [0.29, 0.717) is 12.0 Å². The summed E-state index contributed by atoms with van der Waals surface area (Å²) >= 11 is 0. The minimum absolute atomic E-state index is 0.338. The first-order valence-electron chi connectivity index (χ1n) is 6.53. The summed E-state index contributed by atoms with van der Waals surface area (Å²) in [6.45, 7) is 9.65. The number of hydrogen-bond acceptors (Lipinski definition) is 4. The summed E-state index contributed by atoms with van der Waals surface area (Å²) in [7, 11) is 0. The summed E-state index contributed by atoms with van der Waals surface area (Å²) in [5.74, 6) is 1.21. The monoisotopic (exact) mass is 248 g/mol. The van der Waals surface area contributed by atoms with Gasteiger partial charge in [-0.15, -0.1) is 0 Å². The maximum absolute atomic E-state index is 5.18. The van der Waals surface area contributed by atoms with Gasteiger partial charge in [0.05, 0.1) is 24.8 Å². The minimum atomic E-state index is 0.338. The molecule has 0 amide bonds. The zero-order chi connectivity index (χ0) is 13.1. The van der Waals surface area contributed by atoms with Gasteiger partial charge in [-0.3, -0.25) is 0 Å². The van der Waals surface area contributed by atoms with Crippen molar-refractivity contribution >= 4 is 11.0 Å². The van der Waals surface area contributed by atoms with Crippen LogP contribution in [0.4, 0.5) is 0 Å². The van der Waals surface area contributed by atoms with Crippen molar-refractivity contribution in [2.45, 2.75) is 39.7 Å². The van der Waals surface area contributed by atoms with Crippen LogP contribution in [0.25, 0.3) is 11.0 Å². The molecule has 3 rings (SSSR count). The van der Waals surface area contributed by atoms with Crippen molar-refractivity contribution in [3.8, 4) is 0 Å². The lowest BCUT2D eigenvalue weighted by Crippen LogP contribution is -2.31. The average Bonchev–Trinajstić information content (AvgIpc) is 2.73. The molecule has 0 bridgehead atoms. The molecule has 98 valence electrons. The lowest BCUT2D eigenvalue weighted by atomic mass is 10.2. The molecule has 0 N–H and O–H groups in total. The molecule has 0 radical (unpaired) electrons. The number of nitrogens with zero attached hydrogens (tertiary/aromatic N) is 4. The molecule has 5 heteroatoms. The number of hydrogen-bond donors (Lipinski definition) is 0. The third-order valence-electron chi connectivity index (χ3n) is 2.84. The molecule has 1 saturated heterocycles. The SMILES string of the molecule is CC.CC(C)c1ncc2cnn(C3COC3)c2n1. The van der Waals surface area contributed by atoms with E-state index in [9.17, 15) is 0 Å². The van der Waals surface area contributed by atoms with Gasteiger partial charge in [0.1, 0.15) is 11.9 Å². The van der Waals surface area contributed by atoms with Gasteiger partial charge in [-0.05, 0) is 0 Å². The molecule has 18 heavy (non-hydrogen) atoms. The van der Waals surface area contributed by atoms with Gasteiger partial charge in [-0.25, -0.2) is 14.6 Å². The summed E-state index contributed by atoms with van der Waals surface area (Å²) in [5.41, 5.74) is 0.923. The molecule has 3 heterocycles. The Morgan fingerprint density at radius 2 is 2.00 bits per heavy atom. The normalized spacial score (nSPS) is 15.4. The van der Waals surface area contributed by atoms with Crippen LogP contribution in [0.2, 0.25) is 0 Å². The Kier molecular flexibility index (Phi) is 3.91. The van der Waals surface area contributed by atoms with Crippen LogP contribution in [-0.4, -0.2) is 33.0 Å². The predicted molar refractivity (Wildman–Crippen MR) is 70.6 cm³/mol. The Balaban J connectivity index is 0.000000574. The van der Waals surface area contributed by atoms with E-state index in [1.165, 1.54) is 0 Å². The Labute approximate surface area is 107 Å². The molecule has 0 aliphatic carbocycles. The van der Waals surface area contributed by atoms with Crippen molar-refractivity contribution in [2.75, 3.05) is 13.2 Å². The predicted octanol–water partition coefficient (Wildman–Crippen LogP) is 2.55. The molecular formula is C13H20N4O. The van der Waals surface area contributed by atoms with Gasteiger partial charge < -0.3 is 4.74 Å².